The maximum absolute atomic E-state index is 15.7. The zero-order valence-corrected chi connectivity index (χ0v) is 77.1. The second-order valence-corrected chi connectivity index (χ2v) is 34.2. The molecule has 124 heavy (non-hydrogen) atoms. The predicted octanol–water partition coefficient (Wildman–Crippen LogP) is 10.7. The van der Waals surface area contributed by atoms with Crippen LogP contribution < -0.4 is 22.5 Å². The van der Waals surface area contributed by atoms with Gasteiger partial charge in [0.25, 0.3) is 0 Å². The van der Waals surface area contributed by atoms with Crippen molar-refractivity contribution in [2.45, 2.75) is 241 Å². The summed E-state index contributed by atoms with van der Waals surface area (Å²) in [5.41, 5.74) is 20.8. The molecule has 0 radical (unpaired) electrons. The van der Waals surface area contributed by atoms with Crippen molar-refractivity contribution < 1.29 is 57.8 Å². The average molecular weight is 1720 g/mol. The minimum atomic E-state index is -0.797. The third-order valence-corrected chi connectivity index (χ3v) is 23.4. The Morgan fingerprint density at radius 1 is 0.306 bits per heavy atom. The van der Waals surface area contributed by atoms with Gasteiger partial charge in [0.15, 0.2) is 0 Å². The molecule has 0 bridgehead atoms. The Bertz CT molecular complexity index is 3680. The standard InChI is InChI=1S/C98H158N14O12/c1-9-15-19-21-23-25-27-41-59-103(78-97(124)112(69-82(14-6)44-18-12-4)79-95(122)104(60-42-28-26-24-22-20-16-10-2)77-96(123)111(70-87(101)114)68-81(13-5)43-17-11-3)89(116)71-105(61-53-83-45-33-29-34-46-83)90(117)73-107(63-55-85-49-37-31-38-50-85)93(120)76-110(66-58-100)94(121)74-108(64-56-86-51-39-32-40-52-86)91(118)72-106(62-54-84-47-35-30-36-48-84)92(119)75-109(65-57-99)88(115)67-102-98(7,8)80-113/h29-40,45-52,81-82,102,113H,9-28,41-44,53-80,99-100H2,1-8H3,(H2,101,114). The van der Waals surface area contributed by atoms with E-state index in [0.29, 0.717) is 51.5 Å². The van der Waals surface area contributed by atoms with Crippen molar-refractivity contribution in [3.63, 3.8) is 0 Å². The summed E-state index contributed by atoms with van der Waals surface area (Å²) in [6, 6.07) is 37.8. The molecule has 0 aliphatic carbocycles. The molecule has 4 aromatic rings. The lowest BCUT2D eigenvalue weighted by molar-refractivity contribution is -0.149. The molecule has 4 rings (SSSR count). The molecule has 0 spiro atoms. The number of carbonyl (C=O) groups is 11. The molecule has 0 saturated carbocycles. The van der Waals surface area contributed by atoms with Crippen molar-refractivity contribution in [3.05, 3.63) is 144 Å². The molecule has 2 atom stereocenters. The summed E-state index contributed by atoms with van der Waals surface area (Å²) in [6.07, 6.45) is 23.9. The van der Waals surface area contributed by atoms with E-state index in [1.54, 1.807) is 23.6 Å². The topological polar surface area (TPSA) is 330 Å². The normalized spacial score (nSPS) is 11.8. The van der Waals surface area contributed by atoms with Gasteiger partial charge in [-0.05, 0) is 99.3 Å². The van der Waals surface area contributed by atoms with Crippen LogP contribution in [0.15, 0.2) is 121 Å². The second kappa shape index (κ2) is 63.7. The molecule has 0 aliphatic heterocycles. The van der Waals surface area contributed by atoms with Gasteiger partial charge in [0, 0.05) is 84.1 Å². The van der Waals surface area contributed by atoms with E-state index in [-0.39, 0.29) is 117 Å². The maximum Gasteiger partial charge on any atom is 0.242 e. The van der Waals surface area contributed by atoms with E-state index < -0.39 is 116 Å². The number of hydrogen-bond acceptors (Lipinski definition) is 15. The average Bonchev–Trinajstić information content (AvgIpc) is 0.851. The van der Waals surface area contributed by atoms with Crippen molar-refractivity contribution in [1.82, 2.24) is 54.3 Å². The first-order valence-electron chi connectivity index (χ1n) is 46.8. The number of aliphatic hydroxyl groups excluding tert-OH is 1. The van der Waals surface area contributed by atoms with Gasteiger partial charge >= 0.3 is 0 Å². The van der Waals surface area contributed by atoms with Crippen LogP contribution in [0, 0.1) is 11.8 Å². The highest BCUT2D eigenvalue weighted by Crippen LogP contribution is 2.21. The van der Waals surface area contributed by atoms with Gasteiger partial charge in [0.2, 0.25) is 65.0 Å². The van der Waals surface area contributed by atoms with Gasteiger partial charge in [-0.15, -0.1) is 0 Å². The molecule has 26 nitrogen and oxygen atoms in total. The summed E-state index contributed by atoms with van der Waals surface area (Å²) >= 11 is 0. The highest BCUT2D eigenvalue weighted by atomic mass is 16.3. The number of nitrogens with zero attached hydrogens (tertiary/aromatic N) is 10. The lowest BCUT2D eigenvalue weighted by atomic mass is 9.98. The van der Waals surface area contributed by atoms with E-state index in [2.05, 4.69) is 46.9 Å². The number of aliphatic hydroxyl groups is 1. The number of amides is 11. The zero-order valence-electron chi connectivity index (χ0n) is 77.1. The Hall–Kier alpha value is -9.11. The summed E-state index contributed by atoms with van der Waals surface area (Å²) in [6.45, 7) is 12.5. The lowest BCUT2D eigenvalue weighted by Crippen LogP contribution is -2.54. The molecular formula is C98H158N14O12. The fraction of sp³-hybridized carbons (Fsp3) is 0.643. The minimum absolute atomic E-state index is 0.00124. The smallest absolute Gasteiger partial charge is 0.242 e. The van der Waals surface area contributed by atoms with Crippen molar-refractivity contribution in [3.8, 4) is 0 Å². The van der Waals surface area contributed by atoms with Gasteiger partial charge in [0.05, 0.1) is 78.6 Å². The molecule has 11 amide bonds. The third kappa shape index (κ3) is 44.7. The highest BCUT2D eigenvalue weighted by Gasteiger charge is 2.34. The number of nitrogens with one attached hydrogen (secondary N) is 1. The van der Waals surface area contributed by atoms with E-state index in [0.717, 1.165) is 151 Å². The number of unbranched alkanes of at least 4 members (excludes halogenated alkanes) is 16. The Balaban J connectivity index is 1.79. The largest absolute Gasteiger partial charge is 0.394 e. The van der Waals surface area contributed by atoms with Crippen molar-refractivity contribution in [2.24, 2.45) is 29.0 Å². The van der Waals surface area contributed by atoms with E-state index in [9.17, 15) is 24.3 Å². The Kier molecular flexibility index (Phi) is 55.1. The van der Waals surface area contributed by atoms with Crippen LogP contribution in [-0.4, -0.2) is 282 Å². The number of carbonyl (C=O) groups excluding carboxylic acids is 11. The number of nitrogens with two attached hydrogens (primary N) is 3. The molecule has 692 valence electrons. The molecule has 2 unspecified atom stereocenters. The Morgan fingerprint density at radius 3 is 0.798 bits per heavy atom. The monoisotopic (exact) mass is 1720 g/mol. The Morgan fingerprint density at radius 2 is 0.540 bits per heavy atom. The minimum Gasteiger partial charge on any atom is -0.394 e. The van der Waals surface area contributed by atoms with Crippen LogP contribution in [-0.2, 0) is 78.4 Å². The van der Waals surface area contributed by atoms with E-state index in [1.807, 2.05) is 121 Å². The first-order chi connectivity index (χ1) is 59.8. The summed E-state index contributed by atoms with van der Waals surface area (Å²) in [7, 11) is 0. The van der Waals surface area contributed by atoms with Gasteiger partial charge in [-0.1, -0.05) is 291 Å². The van der Waals surface area contributed by atoms with Gasteiger partial charge in [-0.2, -0.15) is 0 Å². The number of primary amides is 1. The third-order valence-electron chi connectivity index (χ3n) is 23.4. The summed E-state index contributed by atoms with van der Waals surface area (Å²) in [5.74, 6) is -5.63. The van der Waals surface area contributed by atoms with Gasteiger partial charge < -0.3 is 76.6 Å². The fourth-order valence-electron chi connectivity index (χ4n) is 15.2. The summed E-state index contributed by atoms with van der Waals surface area (Å²) < 4.78 is 0. The number of hydrogen-bond donors (Lipinski definition) is 5. The molecule has 0 saturated heterocycles. The molecule has 8 N–H and O–H groups in total. The molecule has 4 aromatic carbocycles. The molecule has 0 aromatic heterocycles. The first kappa shape index (κ1) is 107. The Labute approximate surface area is 743 Å². The second-order valence-electron chi connectivity index (χ2n) is 34.2. The number of benzene rings is 4. The van der Waals surface area contributed by atoms with E-state index in [4.69, 9.17) is 17.2 Å². The van der Waals surface area contributed by atoms with Gasteiger partial charge in [0.1, 0.15) is 0 Å². The maximum atomic E-state index is 15.7. The van der Waals surface area contributed by atoms with Crippen molar-refractivity contribution >= 4 is 65.0 Å². The summed E-state index contributed by atoms with van der Waals surface area (Å²) in [5, 5.41) is 12.9. The van der Waals surface area contributed by atoms with Crippen LogP contribution in [0.5, 0.6) is 0 Å². The molecule has 0 aliphatic rings. The van der Waals surface area contributed by atoms with Crippen LogP contribution in [0.2, 0.25) is 0 Å². The lowest BCUT2D eigenvalue weighted by Gasteiger charge is -2.34. The molecule has 26 heteroatoms. The zero-order chi connectivity index (χ0) is 90.7. The summed E-state index contributed by atoms with van der Waals surface area (Å²) in [4.78, 5) is 178. The molecule has 0 heterocycles. The molecular weight excluding hydrogens is 1570 g/mol. The highest BCUT2D eigenvalue weighted by molar-refractivity contribution is 5.95. The van der Waals surface area contributed by atoms with E-state index in [1.165, 1.54) is 45.6 Å². The van der Waals surface area contributed by atoms with Crippen LogP contribution in [0.1, 0.15) is 232 Å². The van der Waals surface area contributed by atoms with Crippen LogP contribution >= 0.6 is 0 Å². The molecule has 0 fully saturated rings. The van der Waals surface area contributed by atoms with Crippen LogP contribution in [0.25, 0.3) is 0 Å². The quantitative estimate of drug-likeness (QED) is 0.0257. The van der Waals surface area contributed by atoms with Gasteiger partial charge in [-0.25, -0.2) is 0 Å². The van der Waals surface area contributed by atoms with Crippen LogP contribution in [0.3, 0.4) is 0 Å². The van der Waals surface area contributed by atoms with Crippen molar-refractivity contribution in [1.29, 1.82) is 0 Å². The number of rotatable bonds is 70. The van der Waals surface area contributed by atoms with Crippen LogP contribution in [0.4, 0.5) is 0 Å². The predicted molar refractivity (Wildman–Crippen MR) is 495 cm³/mol. The fourth-order valence-corrected chi connectivity index (χ4v) is 15.2. The van der Waals surface area contributed by atoms with Gasteiger partial charge in [-0.3, -0.25) is 52.7 Å². The SMILES string of the molecule is CCCCCCCCCCN(CC(=O)N(CC(=O)N(CCCCCCCCCC)CC(=O)N(CC(N)=O)CC(CC)CCCC)CC(CC)CCCC)C(=O)CN(CCc1ccccc1)C(=O)CN(CCc1ccccc1)C(=O)CN(CCN)C(=O)CN(CCc1ccccc1)C(=O)CN(CCc1ccccc1)C(=O)CN(CCN)C(=O)CNC(C)(C)CO. The van der Waals surface area contributed by atoms with Crippen molar-refractivity contribution in [2.75, 3.05) is 157 Å². The first-order valence-corrected chi connectivity index (χ1v) is 46.8. The van der Waals surface area contributed by atoms with E-state index >= 15 is 33.6 Å².